The number of hydrogen-bond donors (Lipinski definition) is 0. The van der Waals surface area contributed by atoms with E-state index in [0.29, 0.717) is 6.61 Å². The first-order valence-corrected chi connectivity index (χ1v) is 16.1. The van der Waals surface area contributed by atoms with Gasteiger partial charge in [0.2, 0.25) is 0 Å². The van der Waals surface area contributed by atoms with E-state index in [-0.39, 0.29) is 30.1 Å². The minimum Gasteiger partial charge on any atom is -0.463 e. The maximum atomic E-state index is 12.9. The van der Waals surface area contributed by atoms with E-state index in [0.717, 1.165) is 94.5 Å². The SMILES string of the molecule is C=CC(=O)OCCCCCCOC1CCC(C(=O)OC2CCC(C3CCC(CC(C)CC)CC3)CC2)CC1. The van der Waals surface area contributed by atoms with Gasteiger partial charge in [0.1, 0.15) is 6.10 Å². The third-order valence-corrected chi connectivity index (χ3v) is 9.80. The zero-order chi connectivity index (χ0) is 27.2. The summed E-state index contributed by atoms with van der Waals surface area (Å²) in [7, 11) is 0. The normalized spacial score (nSPS) is 30.8. The second kappa shape index (κ2) is 17.4. The van der Waals surface area contributed by atoms with Gasteiger partial charge in [0.15, 0.2) is 0 Å². The Balaban J connectivity index is 1.20. The van der Waals surface area contributed by atoms with Gasteiger partial charge in [-0.3, -0.25) is 4.79 Å². The molecule has 0 aliphatic heterocycles. The van der Waals surface area contributed by atoms with Crippen molar-refractivity contribution in [1.82, 2.24) is 0 Å². The summed E-state index contributed by atoms with van der Waals surface area (Å²) in [6, 6.07) is 0. The first-order chi connectivity index (χ1) is 18.5. The first kappa shape index (κ1) is 31.2. The van der Waals surface area contributed by atoms with Gasteiger partial charge in [-0.2, -0.15) is 0 Å². The summed E-state index contributed by atoms with van der Waals surface area (Å²) in [4.78, 5) is 23.9. The van der Waals surface area contributed by atoms with E-state index < -0.39 is 0 Å². The molecule has 0 aromatic carbocycles. The summed E-state index contributed by atoms with van der Waals surface area (Å²) in [5.74, 6) is 3.38. The van der Waals surface area contributed by atoms with Crippen molar-refractivity contribution in [2.75, 3.05) is 13.2 Å². The second-order valence-corrected chi connectivity index (χ2v) is 12.6. The van der Waals surface area contributed by atoms with Gasteiger partial charge in [-0.25, -0.2) is 4.79 Å². The molecule has 3 aliphatic carbocycles. The van der Waals surface area contributed by atoms with Crippen molar-refractivity contribution in [3.05, 3.63) is 12.7 Å². The molecule has 5 heteroatoms. The minimum atomic E-state index is -0.347. The Labute approximate surface area is 232 Å². The molecule has 0 radical (unpaired) electrons. The highest BCUT2D eigenvalue weighted by Crippen LogP contribution is 2.42. The molecule has 218 valence electrons. The molecule has 0 amide bonds. The van der Waals surface area contributed by atoms with E-state index in [4.69, 9.17) is 14.2 Å². The number of ether oxygens (including phenoxy) is 3. The van der Waals surface area contributed by atoms with Gasteiger partial charge >= 0.3 is 11.9 Å². The molecule has 1 unspecified atom stereocenters. The molecular weight excluding hydrogens is 476 g/mol. The Morgan fingerprint density at radius 1 is 0.789 bits per heavy atom. The van der Waals surface area contributed by atoms with Gasteiger partial charge in [0.05, 0.1) is 18.6 Å². The quantitative estimate of drug-likeness (QED) is 0.121. The molecule has 1 atom stereocenters. The molecule has 0 bridgehead atoms. The van der Waals surface area contributed by atoms with E-state index in [1.807, 2.05) is 0 Å². The molecule has 5 nitrogen and oxygen atoms in total. The van der Waals surface area contributed by atoms with Gasteiger partial charge in [-0.05, 0) is 114 Å². The average molecular weight is 533 g/mol. The topological polar surface area (TPSA) is 61.8 Å². The molecule has 0 aromatic heterocycles. The second-order valence-electron chi connectivity index (χ2n) is 12.6. The van der Waals surface area contributed by atoms with Gasteiger partial charge < -0.3 is 14.2 Å². The molecule has 3 rings (SSSR count). The van der Waals surface area contributed by atoms with Crippen LogP contribution >= 0.6 is 0 Å². The summed E-state index contributed by atoms with van der Waals surface area (Å²) in [6.45, 7) is 9.37. The van der Waals surface area contributed by atoms with Gasteiger partial charge in [0.25, 0.3) is 0 Å². The Bertz CT molecular complexity index is 681. The summed E-state index contributed by atoms with van der Waals surface area (Å²) < 4.78 is 17.1. The zero-order valence-corrected chi connectivity index (χ0v) is 24.5. The van der Waals surface area contributed by atoms with Crippen molar-refractivity contribution in [3.63, 3.8) is 0 Å². The van der Waals surface area contributed by atoms with Crippen LogP contribution in [0.4, 0.5) is 0 Å². The molecule has 38 heavy (non-hydrogen) atoms. The summed E-state index contributed by atoms with van der Waals surface area (Å²) in [5, 5.41) is 0. The third kappa shape index (κ3) is 11.0. The van der Waals surface area contributed by atoms with Crippen molar-refractivity contribution in [1.29, 1.82) is 0 Å². The maximum Gasteiger partial charge on any atom is 0.330 e. The fraction of sp³-hybridized carbons (Fsp3) is 0.879. The fourth-order valence-corrected chi connectivity index (χ4v) is 7.07. The number of carbonyl (C=O) groups is 2. The first-order valence-electron chi connectivity index (χ1n) is 16.1. The molecule has 0 aromatic rings. The molecule has 0 heterocycles. The van der Waals surface area contributed by atoms with E-state index in [9.17, 15) is 9.59 Å². The Hall–Kier alpha value is -1.36. The van der Waals surface area contributed by atoms with Crippen LogP contribution in [-0.4, -0.2) is 37.4 Å². The van der Waals surface area contributed by atoms with Crippen LogP contribution in [0.3, 0.4) is 0 Å². The smallest absolute Gasteiger partial charge is 0.330 e. The van der Waals surface area contributed by atoms with Crippen LogP contribution in [0.1, 0.15) is 129 Å². The summed E-state index contributed by atoms with van der Waals surface area (Å²) in [6.07, 6.45) is 22.5. The van der Waals surface area contributed by atoms with Gasteiger partial charge in [-0.1, -0.05) is 46.1 Å². The Morgan fingerprint density at radius 3 is 1.97 bits per heavy atom. The van der Waals surface area contributed by atoms with Crippen molar-refractivity contribution in [2.45, 2.75) is 142 Å². The lowest BCUT2D eigenvalue weighted by atomic mass is 9.69. The highest BCUT2D eigenvalue weighted by Gasteiger charge is 2.34. The molecule has 3 fully saturated rings. The highest BCUT2D eigenvalue weighted by atomic mass is 16.5. The van der Waals surface area contributed by atoms with Crippen molar-refractivity contribution in [2.24, 2.45) is 29.6 Å². The number of unbranched alkanes of at least 4 members (excludes halogenated alkanes) is 3. The van der Waals surface area contributed by atoms with Crippen LogP contribution in [0.15, 0.2) is 12.7 Å². The minimum absolute atomic E-state index is 0.0506. The molecule has 3 aliphatic rings. The van der Waals surface area contributed by atoms with E-state index >= 15 is 0 Å². The maximum absolute atomic E-state index is 12.9. The standard InChI is InChI=1S/C33H56O5/c1-4-25(3)24-26-10-12-27(13-11-26)28-14-20-31(21-15-28)38-33(35)29-16-18-30(19-17-29)36-22-8-6-7-9-23-37-32(34)5-2/h5,25-31H,2,4,6-24H2,1,3H3. The van der Waals surface area contributed by atoms with E-state index in [1.165, 1.54) is 57.4 Å². The molecule has 0 saturated heterocycles. The number of hydrogen-bond acceptors (Lipinski definition) is 5. The van der Waals surface area contributed by atoms with Crippen LogP contribution in [0.25, 0.3) is 0 Å². The fourth-order valence-electron chi connectivity index (χ4n) is 7.07. The van der Waals surface area contributed by atoms with Crippen LogP contribution in [0, 0.1) is 29.6 Å². The van der Waals surface area contributed by atoms with Gasteiger partial charge in [-0.15, -0.1) is 0 Å². The molecule has 0 spiro atoms. The lowest BCUT2D eigenvalue weighted by Gasteiger charge is -2.38. The predicted molar refractivity (Wildman–Crippen MR) is 153 cm³/mol. The molecular formula is C33H56O5. The monoisotopic (exact) mass is 532 g/mol. The number of carbonyl (C=O) groups excluding carboxylic acids is 2. The van der Waals surface area contributed by atoms with Crippen LogP contribution in [0.5, 0.6) is 0 Å². The van der Waals surface area contributed by atoms with Gasteiger partial charge in [0, 0.05) is 12.7 Å². The zero-order valence-electron chi connectivity index (χ0n) is 24.5. The lowest BCUT2D eigenvalue weighted by molar-refractivity contribution is -0.158. The van der Waals surface area contributed by atoms with Crippen molar-refractivity contribution >= 4 is 11.9 Å². The summed E-state index contributed by atoms with van der Waals surface area (Å²) in [5.41, 5.74) is 0. The van der Waals surface area contributed by atoms with E-state index in [2.05, 4.69) is 20.4 Å². The average Bonchev–Trinajstić information content (AvgIpc) is 2.95. The molecule has 3 saturated carbocycles. The predicted octanol–water partition coefficient (Wildman–Crippen LogP) is 8.20. The lowest BCUT2D eigenvalue weighted by Crippen LogP contribution is -2.33. The largest absolute Gasteiger partial charge is 0.463 e. The van der Waals surface area contributed by atoms with Crippen molar-refractivity contribution in [3.8, 4) is 0 Å². The van der Waals surface area contributed by atoms with E-state index in [1.54, 1.807) is 0 Å². The number of esters is 2. The number of rotatable bonds is 15. The van der Waals surface area contributed by atoms with Crippen LogP contribution in [0.2, 0.25) is 0 Å². The van der Waals surface area contributed by atoms with Crippen LogP contribution < -0.4 is 0 Å². The summed E-state index contributed by atoms with van der Waals surface area (Å²) >= 11 is 0. The van der Waals surface area contributed by atoms with Crippen molar-refractivity contribution < 1.29 is 23.8 Å². The van der Waals surface area contributed by atoms with Crippen LogP contribution in [-0.2, 0) is 23.8 Å². The molecule has 0 N–H and O–H groups in total. The Kier molecular flexibility index (Phi) is 14.2. The Morgan fingerprint density at radius 2 is 1.37 bits per heavy atom. The third-order valence-electron chi connectivity index (χ3n) is 9.80. The highest BCUT2D eigenvalue weighted by molar-refractivity contribution is 5.81.